The van der Waals surface area contributed by atoms with Gasteiger partial charge in [0.25, 0.3) is 0 Å². The highest BCUT2D eigenvalue weighted by Crippen LogP contribution is 2.22. The Morgan fingerprint density at radius 3 is 2.17 bits per heavy atom. The number of para-hydroxylation sites is 1. The molecule has 0 saturated carbocycles. The van der Waals surface area contributed by atoms with Crippen molar-refractivity contribution in [3.63, 3.8) is 0 Å². The molecule has 0 radical (unpaired) electrons. The number of halogens is 1. The van der Waals surface area contributed by atoms with Crippen LogP contribution in [0.5, 0.6) is 11.5 Å². The van der Waals surface area contributed by atoms with Gasteiger partial charge >= 0.3 is 0 Å². The molecule has 1 unspecified atom stereocenters. The molecule has 2 aromatic carbocycles. The molecule has 1 nitrogen and oxygen atoms in total. The summed E-state index contributed by atoms with van der Waals surface area (Å²) < 4.78 is 5.74. The molecular weight excluding hydrogens is 244 g/mol. The molecule has 94 valence electrons. The molecule has 0 aromatic heterocycles. The summed E-state index contributed by atoms with van der Waals surface area (Å²) in [6.45, 7) is 2.15. The van der Waals surface area contributed by atoms with Crippen LogP contribution in [0.1, 0.15) is 12.5 Å². The van der Waals surface area contributed by atoms with Crippen LogP contribution in [0.2, 0.25) is 0 Å². The summed E-state index contributed by atoms with van der Waals surface area (Å²) in [6.07, 6.45) is 1.01. The topological polar surface area (TPSA) is 9.23 Å². The average Bonchev–Trinajstić information content (AvgIpc) is 2.42. The van der Waals surface area contributed by atoms with Gasteiger partial charge in [0.15, 0.2) is 0 Å². The Hall–Kier alpha value is -1.47. The first-order valence-electron chi connectivity index (χ1n) is 6.15. The Labute approximate surface area is 113 Å². The minimum Gasteiger partial charge on any atom is -0.457 e. The number of benzene rings is 2. The summed E-state index contributed by atoms with van der Waals surface area (Å²) in [6, 6.07) is 18.0. The highest BCUT2D eigenvalue weighted by atomic mass is 35.5. The van der Waals surface area contributed by atoms with Crippen LogP contribution in [0, 0.1) is 5.92 Å². The minimum atomic E-state index is 0.507. The summed E-state index contributed by atoms with van der Waals surface area (Å²) in [5.41, 5.74) is 1.29. The van der Waals surface area contributed by atoms with Crippen LogP contribution in [0.25, 0.3) is 0 Å². The summed E-state index contributed by atoms with van der Waals surface area (Å²) in [5.74, 6) is 2.93. The van der Waals surface area contributed by atoms with E-state index >= 15 is 0 Å². The van der Waals surface area contributed by atoms with E-state index in [0.29, 0.717) is 11.8 Å². The molecule has 0 heterocycles. The molecule has 0 bridgehead atoms. The Morgan fingerprint density at radius 1 is 0.944 bits per heavy atom. The first kappa shape index (κ1) is 13.0. The zero-order valence-electron chi connectivity index (χ0n) is 10.5. The first-order chi connectivity index (χ1) is 8.78. The molecule has 2 rings (SSSR count). The SMILES string of the molecule is CC(CCl)Cc1ccc(Oc2ccccc2)cc1. The molecule has 0 aliphatic carbocycles. The van der Waals surface area contributed by atoms with Gasteiger partial charge in [-0.05, 0) is 42.2 Å². The smallest absolute Gasteiger partial charge is 0.127 e. The van der Waals surface area contributed by atoms with Gasteiger partial charge in [-0.3, -0.25) is 0 Å². The van der Waals surface area contributed by atoms with E-state index < -0.39 is 0 Å². The van der Waals surface area contributed by atoms with Crippen molar-refractivity contribution in [3.8, 4) is 11.5 Å². The average molecular weight is 261 g/mol. The summed E-state index contributed by atoms with van der Waals surface area (Å²) in [4.78, 5) is 0. The molecule has 0 saturated heterocycles. The van der Waals surface area contributed by atoms with Crippen molar-refractivity contribution in [1.82, 2.24) is 0 Å². The third kappa shape index (κ3) is 3.78. The molecule has 0 spiro atoms. The summed E-state index contributed by atoms with van der Waals surface area (Å²) in [5, 5.41) is 0. The van der Waals surface area contributed by atoms with Gasteiger partial charge in [0, 0.05) is 5.88 Å². The number of ether oxygens (including phenoxy) is 1. The van der Waals surface area contributed by atoms with E-state index in [1.54, 1.807) is 0 Å². The Kier molecular flexibility index (Phi) is 4.66. The van der Waals surface area contributed by atoms with E-state index in [1.165, 1.54) is 5.56 Å². The normalized spacial score (nSPS) is 12.1. The van der Waals surface area contributed by atoms with Crippen molar-refractivity contribution in [2.75, 3.05) is 5.88 Å². The fraction of sp³-hybridized carbons (Fsp3) is 0.250. The lowest BCUT2D eigenvalue weighted by Gasteiger charge is -2.09. The van der Waals surface area contributed by atoms with Crippen LogP contribution in [-0.2, 0) is 6.42 Å². The molecule has 0 amide bonds. The molecule has 0 aliphatic rings. The monoisotopic (exact) mass is 260 g/mol. The van der Waals surface area contributed by atoms with Gasteiger partial charge in [-0.15, -0.1) is 11.6 Å². The van der Waals surface area contributed by atoms with Gasteiger partial charge in [-0.1, -0.05) is 37.3 Å². The van der Waals surface area contributed by atoms with Gasteiger partial charge in [0.1, 0.15) is 11.5 Å². The van der Waals surface area contributed by atoms with E-state index in [-0.39, 0.29) is 0 Å². The molecule has 18 heavy (non-hydrogen) atoms. The predicted molar refractivity (Wildman–Crippen MR) is 76.5 cm³/mol. The summed E-state index contributed by atoms with van der Waals surface area (Å²) in [7, 11) is 0. The quantitative estimate of drug-likeness (QED) is 0.695. The molecule has 0 N–H and O–H groups in total. The third-order valence-electron chi connectivity index (χ3n) is 2.75. The van der Waals surface area contributed by atoms with E-state index in [0.717, 1.165) is 17.9 Å². The molecule has 0 aliphatic heterocycles. The minimum absolute atomic E-state index is 0.507. The Morgan fingerprint density at radius 2 is 1.56 bits per heavy atom. The lowest BCUT2D eigenvalue weighted by Crippen LogP contribution is -2.00. The largest absolute Gasteiger partial charge is 0.457 e. The van der Waals surface area contributed by atoms with Gasteiger partial charge < -0.3 is 4.74 Å². The van der Waals surface area contributed by atoms with Crippen LogP contribution in [0.3, 0.4) is 0 Å². The second-order valence-corrected chi connectivity index (χ2v) is 4.83. The van der Waals surface area contributed by atoms with Gasteiger partial charge in [-0.25, -0.2) is 0 Å². The zero-order valence-corrected chi connectivity index (χ0v) is 11.2. The van der Waals surface area contributed by atoms with Crippen molar-refractivity contribution in [1.29, 1.82) is 0 Å². The Bertz CT molecular complexity index is 464. The lowest BCUT2D eigenvalue weighted by atomic mass is 10.0. The fourth-order valence-electron chi connectivity index (χ4n) is 1.78. The van der Waals surface area contributed by atoms with Crippen molar-refractivity contribution in [3.05, 3.63) is 60.2 Å². The van der Waals surface area contributed by atoms with E-state index in [4.69, 9.17) is 16.3 Å². The fourth-order valence-corrected chi connectivity index (χ4v) is 1.88. The maximum Gasteiger partial charge on any atom is 0.127 e. The predicted octanol–water partition coefficient (Wildman–Crippen LogP) is 4.90. The molecule has 2 aromatic rings. The van der Waals surface area contributed by atoms with Gasteiger partial charge in [0.2, 0.25) is 0 Å². The van der Waals surface area contributed by atoms with Crippen LogP contribution in [0.15, 0.2) is 54.6 Å². The van der Waals surface area contributed by atoms with Crippen molar-refractivity contribution in [2.24, 2.45) is 5.92 Å². The standard InChI is InChI=1S/C16H17ClO/c1-13(12-17)11-14-7-9-16(10-8-14)18-15-5-3-2-4-6-15/h2-10,13H,11-12H2,1H3. The van der Waals surface area contributed by atoms with Crippen LogP contribution < -0.4 is 4.74 Å². The molecule has 2 heteroatoms. The summed E-state index contributed by atoms with van der Waals surface area (Å²) >= 11 is 5.82. The highest BCUT2D eigenvalue weighted by molar-refractivity contribution is 6.18. The van der Waals surface area contributed by atoms with E-state index in [1.807, 2.05) is 42.5 Å². The third-order valence-corrected chi connectivity index (χ3v) is 3.28. The van der Waals surface area contributed by atoms with E-state index in [2.05, 4.69) is 19.1 Å². The van der Waals surface area contributed by atoms with Gasteiger partial charge in [0.05, 0.1) is 0 Å². The first-order valence-corrected chi connectivity index (χ1v) is 6.69. The number of alkyl halides is 1. The van der Waals surface area contributed by atoms with Crippen molar-refractivity contribution >= 4 is 11.6 Å². The number of hydrogen-bond acceptors (Lipinski definition) is 1. The Balaban J connectivity index is 2.00. The van der Waals surface area contributed by atoms with Crippen LogP contribution >= 0.6 is 11.6 Å². The maximum atomic E-state index is 5.82. The molecule has 1 atom stereocenters. The highest BCUT2D eigenvalue weighted by Gasteiger charge is 2.02. The van der Waals surface area contributed by atoms with Crippen LogP contribution in [0.4, 0.5) is 0 Å². The second-order valence-electron chi connectivity index (χ2n) is 4.52. The lowest BCUT2D eigenvalue weighted by molar-refractivity contribution is 0.482. The van der Waals surface area contributed by atoms with Crippen LogP contribution in [-0.4, -0.2) is 5.88 Å². The number of hydrogen-bond donors (Lipinski definition) is 0. The van der Waals surface area contributed by atoms with Gasteiger partial charge in [-0.2, -0.15) is 0 Å². The van der Waals surface area contributed by atoms with Crippen molar-refractivity contribution in [2.45, 2.75) is 13.3 Å². The number of rotatable bonds is 5. The van der Waals surface area contributed by atoms with Crippen molar-refractivity contribution < 1.29 is 4.74 Å². The second kappa shape index (κ2) is 6.46. The zero-order chi connectivity index (χ0) is 12.8. The molecular formula is C16H17ClO. The van der Waals surface area contributed by atoms with E-state index in [9.17, 15) is 0 Å². The molecule has 0 fully saturated rings. The maximum absolute atomic E-state index is 5.82.